The van der Waals surface area contributed by atoms with Gasteiger partial charge in [-0.2, -0.15) is 5.10 Å². The van der Waals surface area contributed by atoms with Gasteiger partial charge in [-0.05, 0) is 24.3 Å². The largest absolute Gasteiger partial charge is 0.384 e. The molecule has 0 radical (unpaired) electrons. The number of hydrogen-bond donors (Lipinski definition) is 1. The minimum atomic E-state index is -0.339. The second kappa shape index (κ2) is 5.53. The van der Waals surface area contributed by atoms with Gasteiger partial charge in [0.2, 0.25) is 0 Å². The number of nitrogen functional groups attached to an aromatic ring is 1. The van der Waals surface area contributed by atoms with E-state index in [4.69, 9.17) is 10.5 Å². The fourth-order valence-electron chi connectivity index (χ4n) is 2.22. The highest BCUT2D eigenvalue weighted by atomic mass is 19.1. The molecule has 0 aliphatic carbocycles. The molecule has 110 valence electrons. The fourth-order valence-corrected chi connectivity index (χ4v) is 2.22. The number of amides is 1. The van der Waals surface area contributed by atoms with Gasteiger partial charge in [0, 0.05) is 19.2 Å². The lowest BCUT2D eigenvalue weighted by Crippen LogP contribution is -2.40. The predicted molar refractivity (Wildman–Crippen MR) is 74.7 cm³/mol. The van der Waals surface area contributed by atoms with Crippen molar-refractivity contribution in [2.75, 3.05) is 32.0 Å². The van der Waals surface area contributed by atoms with E-state index in [1.54, 1.807) is 17.0 Å². The number of halogens is 1. The SMILES string of the molecule is Nc1cc(C(=O)N2CCOCC2)nn1-c1ccc(F)cc1. The molecule has 2 heterocycles. The van der Waals surface area contributed by atoms with E-state index in [1.165, 1.54) is 22.9 Å². The van der Waals surface area contributed by atoms with Gasteiger partial charge in [-0.1, -0.05) is 0 Å². The number of carbonyl (C=O) groups is 1. The van der Waals surface area contributed by atoms with Crippen LogP contribution >= 0.6 is 0 Å². The number of nitrogens with two attached hydrogens (primary N) is 1. The first-order valence-corrected chi connectivity index (χ1v) is 6.63. The molecule has 2 aromatic rings. The van der Waals surface area contributed by atoms with Gasteiger partial charge in [-0.3, -0.25) is 4.79 Å². The molecule has 1 aliphatic rings. The first-order chi connectivity index (χ1) is 10.1. The molecular formula is C14H15FN4O2. The lowest BCUT2D eigenvalue weighted by molar-refractivity contribution is 0.0298. The Kier molecular flexibility index (Phi) is 3.57. The molecule has 6 nitrogen and oxygen atoms in total. The van der Waals surface area contributed by atoms with Crippen LogP contribution in [0.15, 0.2) is 30.3 Å². The number of rotatable bonds is 2. The maximum atomic E-state index is 12.9. The molecule has 3 rings (SSSR count). The third-order valence-electron chi connectivity index (χ3n) is 3.33. The molecule has 1 fully saturated rings. The third kappa shape index (κ3) is 2.73. The molecule has 1 amide bonds. The number of hydrogen-bond acceptors (Lipinski definition) is 4. The molecule has 1 saturated heterocycles. The van der Waals surface area contributed by atoms with E-state index in [2.05, 4.69) is 5.10 Å². The quantitative estimate of drug-likeness (QED) is 0.897. The summed E-state index contributed by atoms with van der Waals surface area (Å²) < 4.78 is 19.6. The van der Waals surface area contributed by atoms with Crippen molar-refractivity contribution in [1.82, 2.24) is 14.7 Å². The first kappa shape index (κ1) is 13.6. The van der Waals surface area contributed by atoms with Crippen molar-refractivity contribution in [1.29, 1.82) is 0 Å². The molecule has 1 aromatic carbocycles. The monoisotopic (exact) mass is 290 g/mol. The summed E-state index contributed by atoms with van der Waals surface area (Å²) in [6.07, 6.45) is 0. The Labute approximate surface area is 120 Å². The van der Waals surface area contributed by atoms with Crippen LogP contribution in [0.4, 0.5) is 10.2 Å². The van der Waals surface area contributed by atoms with Crippen LogP contribution in [0.1, 0.15) is 10.5 Å². The van der Waals surface area contributed by atoms with Gasteiger partial charge >= 0.3 is 0 Å². The zero-order valence-electron chi connectivity index (χ0n) is 11.3. The van der Waals surface area contributed by atoms with Gasteiger partial charge in [-0.15, -0.1) is 0 Å². The summed E-state index contributed by atoms with van der Waals surface area (Å²) in [6.45, 7) is 2.14. The van der Waals surface area contributed by atoms with Gasteiger partial charge in [0.25, 0.3) is 5.91 Å². The van der Waals surface area contributed by atoms with Crippen LogP contribution in [0, 0.1) is 5.82 Å². The number of ether oxygens (including phenoxy) is 1. The molecule has 0 spiro atoms. The molecule has 0 bridgehead atoms. The van der Waals surface area contributed by atoms with Crippen molar-refractivity contribution in [2.24, 2.45) is 0 Å². The molecule has 2 N–H and O–H groups in total. The Balaban J connectivity index is 1.86. The highest BCUT2D eigenvalue weighted by molar-refractivity contribution is 5.93. The lowest BCUT2D eigenvalue weighted by Gasteiger charge is -2.25. The van der Waals surface area contributed by atoms with Crippen molar-refractivity contribution in [3.8, 4) is 5.69 Å². The zero-order valence-corrected chi connectivity index (χ0v) is 11.3. The molecular weight excluding hydrogens is 275 g/mol. The molecule has 0 atom stereocenters. The van der Waals surface area contributed by atoms with Crippen LogP contribution in [0.5, 0.6) is 0 Å². The molecule has 0 saturated carbocycles. The summed E-state index contributed by atoms with van der Waals surface area (Å²) in [7, 11) is 0. The predicted octanol–water partition coefficient (Wildman–Crippen LogP) is 1.07. The van der Waals surface area contributed by atoms with Crippen LogP contribution in [0.25, 0.3) is 5.69 Å². The second-order valence-corrected chi connectivity index (χ2v) is 4.75. The maximum Gasteiger partial charge on any atom is 0.274 e. The standard InChI is InChI=1S/C14H15FN4O2/c15-10-1-3-11(4-2-10)19-13(16)9-12(17-19)14(20)18-5-7-21-8-6-18/h1-4,9H,5-8,16H2. The Morgan fingerprint density at radius 3 is 2.57 bits per heavy atom. The summed E-state index contributed by atoms with van der Waals surface area (Å²) >= 11 is 0. The number of morpholine rings is 1. The number of benzene rings is 1. The first-order valence-electron chi connectivity index (χ1n) is 6.63. The van der Waals surface area contributed by atoms with Crippen LogP contribution in [0.3, 0.4) is 0 Å². The van der Waals surface area contributed by atoms with E-state index in [9.17, 15) is 9.18 Å². The van der Waals surface area contributed by atoms with Crippen LogP contribution < -0.4 is 5.73 Å². The minimum Gasteiger partial charge on any atom is -0.384 e. The molecule has 0 unspecified atom stereocenters. The van der Waals surface area contributed by atoms with Gasteiger partial charge in [0.1, 0.15) is 11.6 Å². The van der Waals surface area contributed by atoms with Crippen molar-refractivity contribution < 1.29 is 13.9 Å². The van der Waals surface area contributed by atoms with E-state index in [-0.39, 0.29) is 17.4 Å². The average molecular weight is 290 g/mol. The van der Waals surface area contributed by atoms with Crippen LogP contribution in [-0.2, 0) is 4.74 Å². The third-order valence-corrected chi connectivity index (χ3v) is 3.33. The van der Waals surface area contributed by atoms with Crippen molar-refractivity contribution >= 4 is 11.7 Å². The minimum absolute atomic E-state index is 0.175. The molecule has 1 aromatic heterocycles. The van der Waals surface area contributed by atoms with E-state index in [0.717, 1.165) is 0 Å². The van der Waals surface area contributed by atoms with Crippen molar-refractivity contribution in [2.45, 2.75) is 0 Å². The van der Waals surface area contributed by atoms with Gasteiger partial charge < -0.3 is 15.4 Å². The van der Waals surface area contributed by atoms with E-state index < -0.39 is 0 Å². The summed E-state index contributed by atoms with van der Waals surface area (Å²) in [4.78, 5) is 14.0. The number of aromatic nitrogens is 2. The molecule has 7 heteroatoms. The van der Waals surface area contributed by atoms with Crippen LogP contribution in [-0.4, -0.2) is 46.9 Å². The lowest BCUT2D eigenvalue weighted by atomic mass is 10.3. The average Bonchev–Trinajstić information content (AvgIpc) is 2.90. The Bertz CT molecular complexity index is 647. The number of nitrogens with zero attached hydrogens (tertiary/aromatic N) is 3. The molecule has 1 aliphatic heterocycles. The zero-order chi connectivity index (χ0) is 14.8. The Morgan fingerprint density at radius 1 is 1.24 bits per heavy atom. The van der Waals surface area contributed by atoms with Gasteiger partial charge in [0.15, 0.2) is 5.69 Å². The topological polar surface area (TPSA) is 73.4 Å². The van der Waals surface area contributed by atoms with Gasteiger partial charge in [-0.25, -0.2) is 9.07 Å². The van der Waals surface area contributed by atoms with E-state index in [1.807, 2.05) is 0 Å². The normalized spacial score (nSPS) is 15.2. The maximum absolute atomic E-state index is 12.9. The van der Waals surface area contributed by atoms with Crippen LogP contribution in [0.2, 0.25) is 0 Å². The Morgan fingerprint density at radius 2 is 1.90 bits per heavy atom. The summed E-state index contributed by atoms with van der Waals surface area (Å²) in [5.41, 5.74) is 6.77. The van der Waals surface area contributed by atoms with E-state index >= 15 is 0 Å². The van der Waals surface area contributed by atoms with Crippen molar-refractivity contribution in [3.05, 3.63) is 41.8 Å². The van der Waals surface area contributed by atoms with Gasteiger partial charge in [0.05, 0.1) is 18.9 Å². The highest BCUT2D eigenvalue weighted by Crippen LogP contribution is 2.16. The van der Waals surface area contributed by atoms with Crippen molar-refractivity contribution in [3.63, 3.8) is 0 Å². The fraction of sp³-hybridized carbons (Fsp3) is 0.286. The summed E-state index contributed by atoms with van der Waals surface area (Å²) in [5.74, 6) is -0.182. The van der Waals surface area contributed by atoms with E-state index in [0.29, 0.717) is 37.8 Å². The Hall–Kier alpha value is -2.41. The summed E-state index contributed by atoms with van der Waals surface area (Å²) in [6, 6.07) is 7.28. The molecule has 21 heavy (non-hydrogen) atoms. The number of carbonyl (C=O) groups excluding carboxylic acids is 1. The summed E-state index contributed by atoms with van der Waals surface area (Å²) in [5, 5.41) is 4.22. The smallest absolute Gasteiger partial charge is 0.274 e. The highest BCUT2D eigenvalue weighted by Gasteiger charge is 2.22. The second-order valence-electron chi connectivity index (χ2n) is 4.75. The number of anilines is 1.